The lowest BCUT2D eigenvalue weighted by atomic mass is 10.1. The first-order valence-corrected chi connectivity index (χ1v) is 7.36. The minimum atomic E-state index is 0.0479. The molecule has 3 heterocycles. The molecule has 3 rings (SSSR count). The molecule has 1 unspecified atom stereocenters. The normalized spacial score (nSPS) is 12.9. The lowest BCUT2D eigenvalue weighted by molar-refractivity contribution is 0.563. The molecule has 1 N–H and O–H groups in total. The molecule has 0 aliphatic heterocycles. The van der Waals surface area contributed by atoms with E-state index in [1.54, 1.807) is 0 Å². The van der Waals surface area contributed by atoms with Crippen LogP contribution in [0.2, 0.25) is 0 Å². The zero-order valence-corrected chi connectivity index (χ0v) is 13.0. The summed E-state index contributed by atoms with van der Waals surface area (Å²) in [5.41, 5.74) is 3.36. The van der Waals surface area contributed by atoms with Gasteiger partial charge >= 0.3 is 0 Å². The van der Waals surface area contributed by atoms with E-state index in [9.17, 15) is 0 Å². The summed E-state index contributed by atoms with van der Waals surface area (Å²) in [5, 5.41) is 12.2. The van der Waals surface area contributed by atoms with Gasteiger partial charge in [0.2, 0.25) is 0 Å². The minimum absolute atomic E-state index is 0.0479. The summed E-state index contributed by atoms with van der Waals surface area (Å²) in [6.07, 6.45) is 5.71. The van der Waals surface area contributed by atoms with Gasteiger partial charge in [0.25, 0.3) is 0 Å². The molecule has 0 aliphatic carbocycles. The average molecular weight is 334 g/mol. The Morgan fingerprint density at radius 1 is 1.30 bits per heavy atom. The highest BCUT2D eigenvalue weighted by Gasteiger charge is 2.22. The third-order valence-corrected chi connectivity index (χ3v) is 4.07. The summed E-state index contributed by atoms with van der Waals surface area (Å²) in [6, 6.07) is 6.13. The molecule has 0 amide bonds. The molecule has 3 aromatic rings. The lowest BCUT2D eigenvalue weighted by Gasteiger charge is -2.17. The van der Waals surface area contributed by atoms with Crippen molar-refractivity contribution < 1.29 is 0 Å². The van der Waals surface area contributed by atoms with Crippen molar-refractivity contribution in [3.05, 3.63) is 52.5 Å². The Kier molecular flexibility index (Phi) is 3.58. The largest absolute Gasteiger partial charge is 0.308 e. The van der Waals surface area contributed by atoms with Gasteiger partial charge in [0.1, 0.15) is 0 Å². The van der Waals surface area contributed by atoms with Crippen molar-refractivity contribution in [2.45, 2.75) is 19.5 Å². The quantitative estimate of drug-likeness (QED) is 0.798. The number of hydrogen-bond donors (Lipinski definition) is 1. The van der Waals surface area contributed by atoms with Gasteiger partial charge in [-0.05, 0) is 42.0 Å². The molecule has 0 aliphatic rings. The van der Waals surface area contributed by atoms with Crippen LogP contribution < -0.4 is 5.32 Å². The first-order valence-electron chi connectivity index (χ1n) is 6.57. The van der Waals surface area contributed by atoms with Crippen LogP contribution in [0.3, 0.4) is 0 Å². The Hall–Kier alpha value is -1.66. The van der Waals surface area contributed by atoms with Crippen molar-refractivity contribution >= 4 is 21.4 Å². The fourth-order valence-electron chi connectivity index (χ4n) is 2.53. The molecule has 3 aromatic heterocycles. The highest BCUT2D eigenvalue weighted by atomic mass is 79.9. The summed E-state index contributed by atoms with van der Waals surface area (Å²) >= 11 is 3.60. The van der Waals surface area contributed by atoms with Crippen LogP contribution in [0.5, 0.6) is 0 Å². The Labute approximate surface area is 125 Å². The molecule has 5 nitrogen and oxygen atoms in total. The molecule has 1 atom stereocenters. The fraction of sp³-hybridized carbons (Fsp3) is 0.286. The Morgan fingerprint density at radius 2 is 2.15 bits per heavy atom. The molecule has 0 saturated carbocycles. The first-order chi connectivity index (χ1) is 9.76. The molecule has 20 heavy (non-hydrogen) atoms. The number of hydrogen-bond acceptors (Lipinski definition) is 3. The highest BCUT2D eigenvalue weighted by Crippen LogP contribution is 2.30. The SMILES string of the molecule is CCn1ncc(Br)c1C(NC)c1cnn2ccccc12. The number of pyridine rings is 1. The summed E-state index contributed by atoms with van der Waals surface area (Å²) < 4.78 is 4.90. The fourth-order valence-corrected chi connectivity index (χ4v) is 3.05. The second-order valence-corrected chi connectivity index (χ2v) is 5.40. The number of nitrogens with one attached hydrogen (secondary N) is 1. The highest BCUT2D eigenvalue weighted by molar-refractivity contribution is 9.10. The minimum Gasteiger partial charge on any atom is -0.308 e. The summed E-state index contributed by atoms with van der Waals surface area (Å²) in [4.78, 5) is 0. The topological polar surface area (TPSA) is 47.2 Å². The molecular weight excluding hydrogens is 318 g/mol. The van der Waals surface area contributed by atoms with Crippen molar-refractivity contribution in [2.75, 3.05) is 7.05 Å². The molecule has 104 valence electrons. The van der Waals surface area contributed by atoms with Crippen LogP contribution in [0.1, 0.15) is 24.2 Å². The molecule has 0 radical (unpaired) electrons. The molecule has 0 bridgehead atoms. The van der Waals surface area contributed by atoms with E-state index >= 15 is 0 Å². The maximum atomic E-state index is 4.41. The van der Waals surface area contributed by atoms with Crippen molar-refractivity contribution in [2.24, 2.45) is 0 Å². The molecule has 0 aromatic carbocycles. The van der Waals surface area contributed by atoms with Crippen molar-refractivity contribution in [3.8, 4) is 0 Å². The van der Waals surface area contributed by atoms with Crippen LogP contribution in [0.4, 0.5) is 0 Å². The Bertz CT molecular complexity index is 730. The molecule has 0 spiro atoms. The number of fused-ring (bicyclic) bond motifs is 1. The second kappa shape index (κ2) is 5.38. The van der Waals surface area contributed by atoms with E-state index in [-0.39, 0.29) is 6.04 Å². The van der Waals surface area contributed by atoms with Gasteiger partial charge in [0.15, 0.2) is 0 Å². The third kappa shape index (κ3) is 2.05. The number of nitrogens with zero attached hydrogens (tertiary/aromatic N) is 4. The third-order valence-electron chi connectivity index (χ3n) is 3.46. The van der Waals surface area contributed by atoms with Crippen LogP contribution in [0.15, 0.2) is 41.3 Å². The van der Waals surface area contributed by atoms with Crippen LogP contribution in [0.25, 0.3) is 5.52 Å². The van der Waals surface area contributed by atoms with E-state index in [1.807, 2.05) is 47.0 Å². The molecule has 0 saturated heterocycles. The average Bonchev–Trinajstić information content (AvgIpc) is 3.06. The van der Waals surface area contributed by atoms with E-state index in [0.717, 1.165) is 27.8 Å². The van der Waals surface area contributed by atoms with Gasteiger partial charge in [0, 0.05) is 18.3 Å². The van der Waals surface area contributed by atoms with Gasteiger partial charge in [0.05, 0.1) is 34.1 Å². The smallest absolute Gasteiger partial charge is 0.0794 e. The zero-order valence-electron chi connectivity index (χ0n) is 11.4. The monoisotopic (exact) mass is 333 g/mol. The van der Waals surface area contributed by atoms with Crippen LogP contribution >= 0.6 is 15.9 Å². The van der Waals surface area contributed by atoms with Crippen LogP contribution in [-0.4, -0.2) is 26.4 Å². The van der Waals surface area contributed by atoms with E-state index in [1.165, 1.54) is 0 Å². The van der Waals surface area contributed by atoms with Crippen LogP contribution in [-0.2, 0) is 6.54 Å². The first kappa shape index (κ1) is 13.3. The number of halogens is 1. The van der Waals surface area contributed by atoms with E-state index < -0.39 is 0 Å². The number of rotatable bonds is 4. The predicted octanol–water partition coefficient (Wildman–Crippen LogP) is 2.62. The lowest BCUT2D eigenvalue weighted by Crippen LogP contribution is -2.21. The zero-order chi connectivity index (χ0) is 14.1. The number of aryl methyl sites for hydroxylation is 1. The van der Waals surface area contributed by atoms with E-state index in [0.29, 0.717) is 0 Å². The molecule has 0 fully saturated rings. The van der Waals surface area contributed by atoms with Gasteiger partial charge in [-0.15, -0.1) is 0 Å². The van der Waals surface area contributed by atoms with Crippen molar-refractivity contribution in [3.63, 3.8) is 0 Å². The molecule has 6 heteroatoms. The van der Waals surface area contributed by atoms with Crippen LogP contribution in [0, 0.1) is 0 Å². The Morgan fingerprint density at radius 3 is 2.90 bits per heavy atom. The summed E-state index contributed by atoms with van der Waals surface area (Å²) in [5.74, 6) is 0. The van der Waals surface area contributed by atoms with Crippen molar-refractivity contribution in [1.29, 1.82) is 0 Å². The standard InChI is InChI=1S/C14H16BrN5/c1-3-19-14(11(15)9-18-19)13(16-2)10-8-17-20-7-5-4-6-12(10)20/h4-9,13,16H,3H2,1-2H3. The van der Waals surface area contributed by atoms with E-state index in [2.05, 4.69) is 44.4 Å². The maximum absolute atomic E-state index is 4.41. The van der Waals surface area contributed by atoms with Crippen molar-refractivity contribution in [1.82, 2.24) is 24.7 Å². The number of aromatic nitrogens is 4. The second-order valence-electron chi connectivity index (χ2n) is 4.55. The summed E-state index contributed by atoms with van der Waals surface area (Å²) in [7, 11) is 1.95. The Balaban J connectivity index is 2.16. The van der Waals surface area contributed by atoms with E-state index in [4.69, 9.17) is 0 Å². The summed E-state index contributed by atoms with van der Waals surface area (Å²) in [6.45, 7) is 2.92. The maximum Gasteiger partial charge on any atom is 0.0794 e. The van der Waals surface area contributed by atoms with Gasteiger partial charge < -0.3 is 5.32 Å². The predicted molar refractivity (Wildman–Crippen MR) is 81.7 cm³/mol. The van der Waals surface area contributed by atoms with Gasteiger partial charge in [-0.2, -0.15) is 10.2 Å². The van der Waals surface area contributed by atoms with Gasteiger partial charge in [-0.25, -0.2) is 4.52 Å². The van der Waals surface area contributed by atoms with Gasteiger partial charge in [-0.3, -0.25) is 4.68 Å². The molecular formula is C14H16BrN5. The van der Waals surface area contributed by atoms with Gasteiger partial charge in [-0.1, -0.05) is 6.07 Å².